The van der Waals surface area contributed by atoms with Gasteiger partial charge in [-0.25, -0.2) is 4.98 Å². The fraction of sp³-hybridized carbons (Fsp3) is 0.300. The Labute approximate surface area is 99.2 Å². The van der Waals surface area contributed by atoms with Crippen LogP contribution in [-0.4, -0.2) is 27.4 Å². The molecule has 1 atom stereocenters. The Bertz CT molecular complexity index is 538. The maximum absolute atomic E-state index is 12.1. The van der Waals surface area contributed by atoms with E-state index in [0.29, 0.717) is 16.1 Å². The first kappa shape index (κ1) is 12.2. The molecular formula is C10H8ClF3N2O. The van der Waals surface area contributed by atoms with Gasteiger partial charge >= 0.3 is 6.18 Å². The first-order valence-corrected chi connectivity index (χ1v) is 5.13. The molecule has 0 bridgehead atoms. The van der Waals surface area contributed by atoms with Gasteiger partial charge in [-0.15, -0.1) is 0 Å². The molecule has 17 heavy (non-hydrogen) atoms. The number of aliphatic hydroxyl groups is 1. The maximum Gasteiger partial charge on any atom is 0.414 e. The van der Waals surface area contributed by atoms with Crippen LogP contribution >= 0.6 is 11.6 Å². The van der Waals surface area contributed by atoms with Crippen LogP contribution in [0.3, 0.4) is 0 Å². The number of alkyl halides is 3. The Balaban J connectivity index is 2.25. The van der Waals surface area contributed by atoms with Gasteiger partial charge in [0.15, 0.2) is 6.10 Å². The van der Waals surface area contributed by atoms with Crippen LogP contribution in [0.4, 0.5) is 13.2 Å². The number of nitrogens with one attached hydrogen (secondary N) is 1. The molecule has 92 valence electrons. The summed E-state index contributed by atoms with van der Waals surface area (Å²) in [5.74, 6) is 0.0760. The smallest absolute Gasteiger partial charge is 0.383 e. The lowest BCUT2D eigenvalue weighted by molar-refractivity contribution is -0.203. The number of rotatable bonds is 2. The van der Waals surface area contributed by atoms with Gasteiger partial charge in [-0.2, -0.15) is 13.2 Å². The van der Waals surface area contributed by atoms with E-state index in [2.05, 4.69) is 9.97 Å². The van der Waals surface area contributed by atoms with Gasteiger partial charge < -0.3 is 10.1 Å². The Morgan fingerprint density at radius 2 is 2.12 bits per heavy atom. The molecule has 0 aliphatic rings. The zero-order valence-electron chi connectivity index (χ0n) is 8.42. The minimum atomic E-state index is -4.64. The number of hydrogen-bond acceptors (Lipinski definition) is 2. The van der Waals surface area contributed by atoms with Crippen molar-refractivity contribution in [1.82, 2.24) is 9.97 Å². The van der Waals surface area contributed by atoms with E-state index in [4.69, 9.17) is 16.7 Å². The minimum Gasteiger partial charge on any atom is -0.383 e. The second kappa shape index (κ2) is 4.19. The van der Waals surface area contributed by atoms with Crippen molar-refractivity contribution in [3.8, 4) is 0 Å². The summed E-state index contributed by atoms with van der Waals surface area (Å²) < 4.78 is 36.4. The third-order valence-corrected chi connectivity index (χ3v) is 2.49. The molecule has 7 heteroatoms. The van der Waals surface area contributed by atoms with Crippen LogP contribution in [0.15, 0.2) is 18.2 Å². The number of benzene rings is 1. The highest BCUT2D eigenvalue weighted by atomic mass is 35.5. The number of hydrogen-bond donors (Lipinski definition) is 2. The van der Waals surface area contributed by atoms with E-state index in [9.17, 15) is 13.2 Å². The normalized spacial score (nSPS) is 14.2. The van der Waals surface area contributed by atoms with E-state index < -0.39 is 18.7 Å². The molecule has 1 heterocycles. The Kier molecular flexibility index (Phi) is 3.01. The van der Waals surface area contributed by atoms with Gasteiger partial charge in [-0.1, -0.05) is 11.6 Å². The van der Waals surface area contributed by atoms with Crippen LogP contribution in [0.5, 0.6) is 0 Å². The summed E-state index contributed by atoms with van der Waals surface area (Å²) in [6.45, 7) is 0. The Morgan fingerprint density at radius 3 is 2.76 bits per heavy atom. The summed E-state index contributed by atoms with van der Waals surface area (Å²) in [7, 11) is 0. The van der Waals surface area contributed by atoms with Crippen molar-refractivity contribution in [2.75, 3.05) is 0 Å². The predicted molar refractivity (Wildman–Crippen MR) is 56.9 cm³/mol. The standard InChI is InChI=1S/C10H8ClF3N2O/c11-5-1-2-6-7(3-5)16-9(15-6)4-8(17)10(12,13)14/h1-3,8,17H,4H2,(H,15,16). The molecule has 3 nitrogen and oxygen atoms in total. The van der Waals surface area contributed by atoms with Crippen LogP contribution in [0.25, 0.3) is 11.0 Å². The molecular weight excluding hydrogens is 257 g/mol. The largest absolute Gasteiger partial charge is 0.414 e. The predicted octanol–water partition coefficient (Wildman–Crippen LogP) is 2.68. The molecule has 0 saturated heterocycles. The van der Waals surface area contributed by atoms with E-state index >= 15 is 0 Å². The van der Waals surface area contributed by atoms with E-state index in [-0.39, 0.29) is 5.82 Å². The summed E-state index contributed by atoms with van der Waals surface area (Å²) in [5, 5.41) is 9.37. The number of imidazole rings is 1. The highest BCUT2D eigenvalue weighted by Gasteiger charge is 2.38. The van der Waals surface area contributed by atoms with E-state index in [0.717, 1.165) is 0 Å². The Morgan fingerprint density at radius 1 is 1.41 bits per heavy atom. The number of fused-ring (bicyclic) bond motifs is 1. The van der Waals surface area contributed by atoms with Crippen LogP contribution in [-0.2, 0) is 6.42 Å². The average molecular weight is 265 g/mol. The van der Waals surface area contributed by atoms with E-state index in [1.165, 1.54) is 0 Å². The molecule has 2 aromatic rings. The molecule has 0 radical (unpaired) electrons. The lowest BCUT2D eigenvalue weighted by Gasteiger charge is -2.12. The van der Waals surface area contributed by atoms with Gasteiger partial charge in [0.25, 0.3) is 0 Å². The molecule has 0 spiro atoms. The lowest BCUT2D eigenvalue weighted by Crippen LogP contribution is -2.30. The second-order valence-corrected chi connectivity index (χ2v) is 4.04. The number of nitrogens with zero attached hydrogens (tertiary/aromatic N) is 1. The van der Waals surface area contributed by atoms with Gasteiger partial charge in [0.2, 0.25) is 0 Å². The molecule has 0 aliphatic carbocycles. The van der Waals surface area contributed by atoms with Gasteiger partial charge in [-0.3, -0.25) is 0 Å². The fourth-order valence-electron chi connectivity index (χ4n) is 1.43. The summed E-state index contributed by atoms with van der Waals surface area (Å²) in [4.78, 5) is 6.62. The molecule has 1 aromatic heterocycles. The van der Waals surface area contributed by atoms with Crippen molar-refractivity contribution < 1.29 is 18.3 Å². The number of H-pyrrole nitrogens is 1. The minimum absolute atomic E-state index is 0.0760. The molecule has 0 aliphatic heterocycles. The van der Waals surface area contributed by atoms with Gasteiger partial charge in [-0.05, 0) is 18.2 Å². The highest BCUT2D eigenvalue weighted by Crippen LogP contribution is 2.23. The third-order valence-electron chi connectivity index (χ3n) is 2.26. The van der Waals surface area contributed by atoms with Gasteiger partial charge in [0.1, 0.15) is 5.82 Å². The average Bonchev–Trinajstić information content (AvgIpc) is 2.57. The first-order valence-electron chi connectivity index (χ1n) is 4.75. The molecule has 2 rings (SSSR count). The van der Waals surface area contributed by atoms with Crippen LogP contribution in [0.1, 0.15) is 5.82 Å². The topological polar surface area (TPSA) is 48.9 Å². The SMILES string of the molecule is OC(Cc1nc2ccc(Cl)cc2[nH]1)C(F)(F)F. The zero-order valence-corrected chi connectivity index (χ0v) is 9.18. The van der Waals surface area contributed by atoms with Crippen LogP contribution in [0, 0.1) is 0 Å². The third kappa shape index (κ3) is 2.70. The number of aromatic nitrogens is 2. The number of halogens is 4. The molecule has 2 N–H and O–H groups in total. The van der Waals surface area contributed by atoms with Crippen molar-refractivity contribution in [3.05, 3.63) is 29.0 Å². The van der Waals surface area contributed by atoms with E-state index in [1.54, 1.807) is 18.2 Å². The quantitative estimate of drug-likeness (QED) is 0.876. The number of aliphatic hydroxyl groups excluding tert-OH is 1. The van der Waals surface area contributed by atoms with Crippen LogP contribution < -0.4 is 0 Å². The highest BCUT2D eigenvalue weighted by molar-refractivity contribution is 6.31. The lowest BCUT2D eigenvalue weighted by atomic mass is 10.2. The van der Waals surface area contributed by atoms with E-state index in [1.807, 2.05) is 0 Å². The van der Waals surface area contributed by atoms with Crippen molar-refractivity contribution >= 4 is 22.6 Å². The molecule has 0 saturated carbocycles. The first-order chi connectivity index (χ1) is 7.86. The molecule has 1 aromatic carbocycles. The molecule has 0 amide bonds. The summed E-state index contributed by atoms with van der Waals surface area (Å²) in [5.41, 5.74) is 1.06. The number of aromatic amines is 1. The second-order valence-electron chi connectivity index (χ2n) is 3.61. The summed E-state index contributed by atoms with van der Waals surface area (Å²) in [6.07, 6.45) is -7.66. The molecule has 0 fully saturated rings. The van der Waals surface area contributed by atoms with Crippen molar-refractivity contribution in [2.45, 2.75) is 18.7 Å². The van der Waals surface area contributed by atoms with Gasteiger partial charge in [0, 0.05) is 11.4 Å². The van der Waals surface area contributed by atoms with Gasteiger partial charge in [0.05, 0.1) is 11.0 Å². The fourth-order valence-corrected chi connectivity index (χ4v) is 1.60. The summed E-state index contributed by atoms with van der Waals surface area (Å²) in [6, 6.07) is 4.75. The molecule has 1 unspecified atom stereocenters. The zero-order chi connectivity index (χ0) is 12.6. The summed E-state index contributed by atoms with van der Waals surface area (Å²) >= 11 is 5.73. The van der Waals surface area contributed by atoms with Crippen molar-refractivity contribution in [3.63, 3.8) is 0 Å². The van der Waals surface area contributed by atoms with Crippen LogP contribution in [0.2, 0.25) is 5.02 Å². The monoisotopic (exact) mass is 264 g/mol. The van der Waals surface area contributed by atoms with Crippen molar-refractivity contribution in [1.29, 1.82) is 0 Å². The maximum atomic E-state index is 12.1. The van der Waals surface area contributed by atoms with Crippen molar-refractivity contribution in [2.24, 2.45) is 0 Å². The Hall–Kier alpha value is -1.27.